The minimum atomic E-state index is -0.658. The molecular formula is C23H21N3O4. The lowest BCUT2D eigenvalue weighted by Gasteiger charge is -2.11. The lowest BCUT2D eigenvalue weighted by molar-refractivity contribution is -0.143. The fourth-order valence-corrected chi connectivity index (χ4v) is 3.71. The van der Waals surface area contributed by atoms with Crippen molar-refractivity contribution < 1.29 is 19.1 Å². The first-order chi connectivity index (χ1) is 14.4. The van der Waals surface area contributed by atoms with Gasteiger partial charge in [0.15, 0.2) is 0 Å². The van der Waals surface area contributed by atoms with Gasteiger partial charge in [-0.05, 0) is 54.5 Å². The summed E-state index contributed by atoms with van der Waals surface area (Å²) in [6.07, 6.45) is 1.64. The van der Waals surface area contributed by atoms with Gasteiger partial charge in [0.2, 0.25) is 0 Å². The molecule has 30 heavy (non-hydrogen) atoms. The van der Waals surface area contributed by atoms with Crippen molar-refractivity contribution in [1.29, 1.82) is 0 Å². The molecule has 0 radical (unpaired) electrons. The third-order valence-electron chi connectivity index (χ3n) is 5.24. The Balaban J connectivity index is 1.69. The molecule has 1 fully saturated rings. The second kappa shape index (κ2) is 7.51. The molecule has 152 valence electrons. The number of methoxy groups -OCH3 is 1. The Kier molecular flexibility index (Phi) is 4.87. The van der Waals surface area contributed by atoms with E-state index >= 15 is 0 Å². The number of ether oxygens (including phenoxy) is 1. The Hall–Kier alpha value is -3.87. The zero-order valence-corrected chi connectivity index (χ0v) is 16.9. The second-order valence-corrected chi connectivity index (χ2v) is 7.15. The number of rotatable bonds is 4. The van der Waals surface area contributed by atoms with Crippen molar-refractivity contribution in [3.05, 3.63) is 71.2 Å². The van der Waals surface area contributed by atoms with Gasteiger partial charge in [-0.25, -0.2) is 9.69 Å². The molecule has 3 aromatic rings. The minimum Gasteiger partial charge on any atom is -0.468 e. The summed E-state index contributed by atoms with van der Waals surface area (Å²) in [6.45, 7) is 3.53. The van der Waals surface area contributed by atoms with Crippen molar-refractivity contribution >= 4 is 34.8 Å². The van der Waals surface area contributed by atoms with Crippen molar-refractivity contribution in [1.82, 2.24) is 14.8 Å². The molecule has 1 aromatic heterocycles. The number of hydrogen-bond donors (Lipinski definition) is 1. The van der Waals surface area contributed by atoms with Crippen LogP contribution in [0.25, 0.3) is 22.5 Å². The highest BCUT2D eigenvalue weighted by Crippen LogP contribution is 2.26. The highest BCUT2D eigenvalue weighted by molar-refractivity contribution is 6.15. The highest BCUT2D eigenvalue weighted by atomic mass is 16.5. The zero-order valence-electron chi connectivity index (χ0n) is 16.9. The quantitative estimate of drug-likeness (QED) is 0.412. The topological polar surface area (TPSA) is 80.6 Å². The van der Waals surface area contributed by atoms with E-state index in [0.717, 1.165) is 38.3 Å². The number of imide groups is 1. The van der Waals surface area contributed by atoms with Crippen LogP contribution in [0.2, 0.25) is 0 Å². The molecule has 1 saturated heterocycles. The summed E-state index contributed by atoms with van der Waals surface area (Å²) in [7, 11) is 1.21. The van der Waals surface area contributed by atoms with Gasteiger partial charge in [0.05, 0.1) is 7.11 Å². The number of carbonyl (C=O) groups is 3. The van der Waals surface area contributed by atoms with Crippen molar-refractivity contribution in [3.63, 3.8) is 0 Å². The first-order valence-corrected chi connectivity index (χ1v) is 9.48. The normalized spacial score (nSPS) is 15.2. The van der Waals surface area contributed by atoms with Crippen LogP contribution >= 0.6 is 0 Å². The zero-order chi connectivity index (χ0) is 21.4. The third kappa shape index (κ3) is 3.34. The van der Waals surface area contributed by atoms with Gasteiger partial charge in [-0.2, -0.15) is 0 Å². The molecule has 1 N–H and O–H groups in total. The molecule has 0 unspecified atom stereocenters. The second-order valence-electron chi connectivity index (χ2n) is 7.15. The summed E-state index contributed by atoms with van der Waals surface area (Å²) >= 11 is 0. The number of benzene rings is 2. The lowest BCUT2D eigenvalue weighted by Crippen LogP contribution is -2.36. The molecule has 3 amide bonds. The average Bonchev–Trinajstić information content (AvgIpc) is 3.16. The summed E-state index contributed by atoms with van der Waals surface area (Å²) in [4.78, 5) is 36.9. The third-order valence-corrected chi connectivity index (χ3v) is 5.24. The Morgan fingerprint density at radius 2 is 1.80 bits per heavy atom. The molecule has 2 heterocycles. The summed E-state index contributed by atoms with van der Waals surface area (Å²) in [5.41, 5.74) is 3.89. The SMILES string of the molecule is COC(=O)CN1C(=O)N/C(=C/c2cc(C)n(-c3ccc4ccccc4c3)c2C)C1=O. The van der Waals surface area contributed by atoms with E-state index in [2.05, 4.69) is 45.0 Å². The Morgan fingerprint density at radius 1 is 1.07 bits per heavy atom. The van der Waals surface area contributed by atoms with Gasteiger partial charge in [0.1, 0.15) is 12.2 Å². The molecule has 0 aliphatic carbocycles. The van der Waals surface area contributed by atoms with Crippen molar-refractivity contribution in [2.75, 3.05) is 13.7 Å². The molecule has 7 heteroatoms. The van der Waals surface area contributed by atoms with Crippen LogP contribution < -0.4 is 5.32 Å². The Bertz CT molecular complexity index is 1220. The van der Waals surface area contributed by atoms with E-state index in [1.807, 2.05) is 32.0 Å². The lowest BCUT2D eigenvalue weighted by atomic mass is 10.1. The fourth-order valence-electron chi connectivity index (χ4n) is 3.71. The van der Waals surface area contributed by atoms with Gasteiger partial charge in [0.25, 0.3) is 5.91 Å². The van der Waals surface area contributed by atoms with Gasteiger partial charge in [-0.1, -0.05) is 30.3 Å². The highest BCUT2D eigenvalue weighted by Gasteiger charge is 2.35. The van der Waals surface area contributed by atoms with Crippen LogP contribution in [0, 0.1) is 13.8 Å². The maximum absolute atomic E-state index is 12.6. The molecule has 2 aromatic carbocycles. The molecule has 7 nitrogen and oxygen atoms in total. The molecule has 1 aliphatic rings. The van der Waals surface area contributed by atoms with E-state index < -0.39 is 24.5 Å². The molecular weight excluding hydrogens is 382 g/mol. The molecule has 0 saturated carbocycles. The number of carbonyl (C=O) groups excluding carboxylic acids is 3. The van der Waals surface area contributed by atoms with E-state index in [0.29, 0.717) is 0 Å². The largest absolute Gasteiger partial charge is 0.468 e. The fraction of sp³-hybridized carbons (Fsp3) is 0.174. The van der Waals surface area contributed by atoms with Gasteiger partial charge in [-0.15, -0.1) is 0 Å². The van der Waals surface area contributed by atoms with Gasteiger partial charge in [-0.3, -0.25) is 9.59 Å². The minimum absolute atomic E-state index is 0.127. The summed E-state index contributed by atoms with van der Waals surface area (Å²) in [5.74, 6) is -1.21. The predicted octanol–water partition coefficient (Wildman–Crippen LogP) is 3.31. The Labute approximate surface area is 173 Å². The number of esters is 1. The first kappa shape index (κ1) is 19.4. The smallest absolute Gasteiger partial charge is 0.329 e. The van der Waals surface area contributed by atoms with E-state index in [9.17, 15) is 14.4 Å². The van der Waals surface area contributed by atoms with E-state index in [1.165, 1.54) is 7.11 Å². The number of hydrogen-bond acceptors (Lipinski definition) is 4. The summed E-state index contributed by atoms with van der Waals surface area (Å²) in [5, 5.41) is 4.83. The van der Waals surface area contributed by atoms with Crippen LogP contribution in [0.1, 0.15) is 17.0 Å². The molecule has 0 spiro atoms. The number of aromatic nitrogens is 1. The van der Waals surface area contributed by atoms with Crippen molar-refractivity contribution in [3.8, 4) is 5.69 Å². The molecule has 0 atom stereocenters. The van der Waals surface area contributed by atoms with Crippen LogP contribution in [0.3, 0.4) is 0 Å². The summed E-state index contributed by atoms with van der Waals surface area (Å²) < 4.78 is 6.65. The van der Waals surface area contributed by atoms with Crippen LogP contribution in [0.5, 0.6) is 0 Å². The summed E-state index contributed by atoms with van der Waals surface area (Å²) in [6, 6.07) is 15.7. The number of aryl methyl sites for hydroxylation is 1. The standard InChI is InChI=1S/C23H21N3O4/c1-14-10-18(12-20-22(28)25(23(29)24-20)13-21(27)30-3)15(2)26(14)19-9-8-16-6-4-5-7-17(16)11-19/h4-12H,13H2,1-3H3,(H,24,29)/b20-12+. The Morgan fingerprint density at radius 3 is 2.53 bits per heavy atom. The average molecular weight is 403 g/mol. The molecule has 1 aliphatic heterocycles. The molecule has 0 bridgehead atoms. The number of amides is 3. The van der Waals surface area contributed by atoms with Crippen LogP contribution in [-0.4, -0.2) is 41.0 Å². The van der Waals surface area contributed by atoms with Gasteiger partial charge >= 0.3 is 12.0 Å². The number of urea groups is 1. The van der Waals surface area contributed by atoms with E-state index in [4.69, 9.17) is 0 Å². The molecule has 4 rings (SSSR count). The number of fused-ring (bicyclic) bond motifs is 1. The van der Waals surface area contributed by atoms with Crippen molar-refractivity contribution in [2.45, 2.75) is 13.8 Å². The first-order valence-electron chi connectivity index (χ1n) is 9.48. The monoisotopic (exact) mass is 403 g/mol. The van der Waals surface area contributed by atoms with Crippen molar-refractivity contribution in [2.24, 2.45) is 0 Å². The maximum atomic E-state index is 12.6. The number of nitrogens with one attached hydrogen (secondary N) is 1. The van der Waals surface area contributed by atoms with Gasteiger partial charge < -0.3 is 14.6 Å². The van der Waals surface area contributed by atoms with Crippen LogP contribution in [0.15, 0.2) is 54.2 Å². The van der Waals surface area contributed by atoms with Gasteiger partial charge in [0, 0.05) is 17.1 Å². The number of nitrogens with zero attached hydrogens (tertiary/aromatic N) is 2. The van der Waals surface area contributed by atoms with Crippen LogP contribution in [-0.2, 0) is 14.3 Å². The maximum Gasteiger partial charge on any atom is 0.329 e. The predicted molar refractivity (Wildman–Crippen MR) is 113 cm³/mol. The van der Waals surface area contributed by atoms with E-state index in [1.54, 1.807) is 6.08 Å². The van der Waals surface area contributed by atoms with Crippen LogP contribution in [0.4, 0.5) is 4.79 Å². The van der Waals surface area contributed by atoms with E-state index in [-0.39, 0.29) is 5.70 Å².